The monoisotopic (exact) mass is 236 g/mol. The molecule has 0 aliphatic carbocycles. The molecule has 0 heterocycles. The molecule has 9 heavy (non-hydrogen) atoms. The first-order chi connectivity index (χ1) is 4.22. The Morgan fingerprint density at radius 2 is 2.44 bits per heavy atom. The summed E-state index contributed by atoms with van der Waals surface area (Å²) in [6.45, 7) is 5.29. The summed E-state index contributed by atoms with van der Waals surface area (Å²) in [6.07, 6.45) is 2.47. The summed E-state index contributed by atoms with van der Waals surface area (Å²) in [4.78, 5) is 3.57. The van der Waals surface area contributed by atoms with Crippen molar-refractivity contribution < 1.29 is 0 Å². The summed E-state index contributed by atoms with van der Waals surface area (Å²) < 4.78 is 0.544. The van der Waals surface area contributed by atoms with Crippen LogP contribution in [0.2, 0.25) is 0 Å². The maximum atomic E-state index is 7.19. The minimum atomic E-state index is 0.544. The topological polar surface area (TPSA) is 36.2 Å². The molecule has 0 saturated carbocycles. The Morgan fingerprint density at radius 3 is 2.56 bits per heavy atom. The Hall–Kier alpha value is -0.190. The predicted molar refractivity (Wildman–Crippen MR) is 49.7 cm³/mol. The lowest BCUT2D eigenvalue weighted by molar-refractivity contribution is 1.16. The van der Waals surface area contributed by atoms with E-state index in [9.17, 15) is 0 Å². The minimum absolute atomic E-state index is 0.544. The average molecular weight is 236 g/mol. The van der Waals surface area contributed by atoms with Gasteiger partial charge in [0.25, 0.3) is 0 Å². The summed E-state index contributed by atoms with van der Waals surface area (Å²) in [7, 11) is 0. The fraction of sp³-hybridized carbons (Fsp3) is 0.333. The zero-order valence-corrected chi connectivity index (χ0v) is 7.47. The highest BCUT2D eigenvalue weighted by atomic mass is 127. The van der Waals surface area contributed by atoms with Crippen molar-refractivity contribution >= 4 is 33.0 Å². The molecule has 0 aliphatic heterocycles. The van der Waals surface area contributed by atoms with Crippen LogP contribution in [0.1, 0.15) is 13.3 Å². The van der Waals surface area contributed by atoms with Gasteiger partial charge in [-0.05, 0) is 35.7 Å². The van der Waals surface area contributed by atoms with Crippen LogP contribution < -0.4 is 0 Å². The lowest BCUT2D eigenvalue weighted by Crippen LogP contribution is -1.87. The van der Waals surface area contributed by atoms with Crippen LogP contribution in [0.5, 0.6) is 0 Å². The Morgan fingerprint density at radius 1 is 1.89 bits per heavy atom. The van der Waals surface area contributed by atoms with E-state index in [0.717, 1.165) is 12.0 Å². The Labute approximate surface area is 68.7 Å². The minimum Gasteiger partial charge on any atom is -0.294 e. The van der Waals surface area contributed by atoms with E-state index < -0.39 is 0 Å². The molecule has 0 saturated heterocycles. The van der Waals surface area contributed by atoms with Gasteiger partial charge in [-0.1, -0.05) is 6.92 Å². The van der Waals surface area contributed by atoms with Crippen LogP contribution in [0.25, 0.3) is 0 Å². The molecular weight excluding hydrogens is 227 g/mol. The van der Waals surface area contributed by atoms with Gasteiger partial charge in [-0.15, -0.1) is 0 Å². The van der Waals surface area contributed by atoms with Crippen molar-refractivity contribution in [3.63, 3.8) is 0 Å². The van der Waals surface area contributed by atoms with Gasteiger partial charge in [0.05, 0.1) is 3.72 Å². The number of hydrogen-bond donors (Lipinski definition) is 1. The van der Waals surface area contributed by atoms with E-state index in [1.165, 1.54) is 0 Å². The van der Waals surface area contributed by atoms with Crippen LogP contribution in [0.3, 0.4) is 0 Å². The van der Waals surface area contributed by atoms with Crippen LogP contribution in [0.4, 0.5) is 0 Å². The molecule has 1 N–H and O–H groups in total. The number of nitrogens with one attached hydrogen (secondary N) is 1. The van der Waals surface area contributed by atoms with Crippen LogP contribution >= 0.6 is 22.6 Å². The Balaban J connectivity index is 4.14. The summed E-state index contributed by atoms with van der Waals surface area (Å²) in [5.74, 6) is 0. The first-order valence-corrected chi connectivity index (χ1v) is 3.69. The van der Waals surface area contributed by atoms with Crippen LogP contribution in [-0.2, 0) is 0 Å². The molecule has 0 aromatic heterocycles. The third-order valence-electron chi connectivity index (χ3n) is 0.910. The molecule has 0 amide bonds. The Bertz CT molecular complexity index is 149. The number of allylic oxidation sites excluding steroid dienone is 1. The fourth-order valence-corrected chi connectivity index (χ4v) is 0.934. The van der Waals surface area contributed by atoms with Gasteiger partial charge >= 0.3 is 0 Å². The molecule has 0 bridgehead atoms. The van der Waals surface area contributed by atoms with Gasteiger partial charge < -0.3 is 0 Å². The quantitative estimate of drug-likeness (QED) is 0.577. The zero-order chi connectivity index (χ0) is 7.28. The molecule has 0 aromatic carbocycles. The van der Waals surface area contributed by atoms with E-state index in [4.69, 9.17) is 5.41 Å². The summed E-state index contributed by atoms with van der Waals surface area (Å²) in [5, 5.41) is 7.19. The van der Waals surface area contributed by atoms with Gasteiger partial charge in [0.1, 0.15) is 0 Å². The van der Waals surface area contributed by atoms with Crippen molar-refractivity contribution in [1.82, 2.24) is 0 Å². The summed E-state index contributed by atoms with van der Waals surface area (Å²) in [6, 6.07) is 0. The highest BCUT2D eigenvalue weighted by Gasteiger charge is 1.94. The third-order valence-corrected chi connectivity index (χ3v) is 1.60. The first kappa shape index (κ1) is 8.81. The fourth-order valence-electron chi connectivity index (χ4n) is 0.413. The van der Waals surface area contributed by atoms with E-state index in [1.807, 2.05) is 29.5 Å². The molecule has 0 aromatic rings. The van der Waals surface area contributed by atoms with Crippen molar-refractivity contribution in [2.75, 3.05) is 0 Å². The zero-order valence-electron chi connectivity index (χ0n) is 5.32. The molecule has 0 fully saturated rings. The molecule has 0 spiro atoms. The van der Waals surface area contributed by atoms with E-state index in [2.05, 4.69) is 11.7 Å². The van der Waals surface area contributed by atoms with Crippen LogP contribution in [0, 0.1) is 5.41 Å². The molecular formula is C6H9IN2. The van der Waals surface area contributed by atoms with Gasteiger partial charge in [0.15, 0.2) is 0 Å². The largest absolute Gasteiger partial charge is 0.294 e. The second kappa shape index (κ2) is 4.67. The van der Waals surface area contributed by atoms with Gasteiger partial charge in [0.2, 0.25) is 0 Å². The van der Waals surface area contributed by atoms with Crippen LogP contribution in [-0.4, -0.2) is 10.4 Å². The standard InChI is InChI=1S/C6H9IN2/c1-3-5(4-9-2)6(7)8/h4,8H,2-3H2,1H3/b5-4-,8-6?. The predicted octanol–water partition coefficient (Wildman–Crippen LogP) is 2.39. The molecule has 2 nitrogen and oxygen atoms in total. The molecule has 50 valence electrons. The molecule has 3 heteroatoms. The maximum absolute atomic E-state index is 7.19. The van der Waals surface area contributed by atoms with Gasteiger partial charge in [-0.2, -0.15) is 0 Å². The second-order valence-electron chi connectivity index (χ2n) is 1.50. The number of hydrogen-bond acceptors (Lipinski definition) is 2. The molecule has 0 unspecified atom stereocenters. The Kier molecular flexibility index (Phi) is 4.57. The van der Waals surface area contributed by atoms with Gasteiger partial charge in [-0.25, -0.2) is 0 Å². The van der Waals surface area contributed by atoms with Crippen molar-refractivity contribution in [2.45, 2.75) is 13.3 Å². The maximum Gasteiger partial charge on any atom is 0.0966 e. The van der Waals surface area contributed by atoms with Gasteiger partial charge in [0, 0.05) is 11.8 Å². The van der Waals surface area contributed by atoms with Crippen molar-refractivity contribution in [3.8, 4) is 0 Å². The first-order valence-electron chi connectivity index (χ1n) is 2.61. The van der Waals surface area contributed by atoms with Crippen molar-refractivity contribution in [2.24, 2.45) is 4.99 Å². The van der Waals surface area contributed by atoms with Gasteiger partial charge in [-0.3, -0.25) is 10.4 Å². The van der Waals surface area contributed by atoms with E-state index in [-0.39, 0.29) is 0 Å². The number of nitrogens with zero attached hydrogens (tertiary/aromatic N) is 1. The lowest BCUT2D eigenvalue weighted by atomic mass is 10.2. The molecule has 0 atom stereocenters. The normalized spacial score (nSPS) is 11.1. The summed E-state index contributed by atoms with van der Waals surface area (Å²) >= 11 is 1.96. The van der Waals surface area contributed by atoms with E-state index in [1.54, 1.807) is 6.20 Å². The van der Waals surface area contributed by atoms with Crippen molar-refractivity contribution in [1.29, 1.82) is 5.41 Å². The smallest absolute Gasteiger partial charge is 0.0966 e. The van der Waals surface area contributed by atoms with E-state index >= 15 is 0 Å². The highest BCUT2D eigenvalue weighted by Crippen LogP contribution is 2.07. The van der Waals surface area contributed by atoms with E-state index in [0.29, 0.717) is 3.72 Å². The highest BCUT2D eigenvalue weighted by molar-refractivity contribution is 14.1. The van der Waals surface area contributed by atoms with Crippen molar-refractivity contribution in [3.05, 3.63) is 11.8 Å². The average Bonchev–Trinajstić information content (AvgIpc) is 1.82. The number of halogens is 1. The summed E-state index contributed by atoms with van der Waals surface area (Å²) in [5.41, 5.74) is 0.936. The molecule has 0 rings (SSSR count). The second-order valence-corrected chi connectivity index (χ2v) is 2.58. The SMILES string of the molecule is C=N/C=C(/CC)C(=N)I. The lowest BCUT2D eigenvalue weighted by Gasteiger charge is -1.94. The number of aliphatic imine (C=N–C) groups is 1. The molecule has 0 aliphatic rings. The molecule has 0 radical (unpaired) electrons. The van der Waals surface area contributed by atoms with Crippen LogP contribution in [0.15, 0.2) is 16.8 Å². The third kappa shape index (κ3) is 3.40. The number of rotatable bonds is 3.